The number of para-hydroxylation sites is 1. The van der Waals surface area contributed by atoms with Gasteiger partial charge in [-0.3, -0.25) is 0 Å². The molecule has 1 aromatic carbocycles. The van der Waals surface area contributed by atoms with Crippen LogP contribution in [0.5, 0.6) is 11.5 Å². The van der Waals surface area contributed by atoms with Crippen molar-refractivity contribution in [2.24, 2.45) is 0 Å². The molecule has 0 unspecified atom stereocenters. The maximum Gasteiger partial charge on any atom is 0.344 e. The molecule has 0 aliphatic heterocycles. The van der Waals surface area contributed by atoms with Crippen LogP contribution in [-0.2, 0) is 16.1 Å². The Morgan fingerprint density at radius 3 is 2.60 bits per heavy atom. The minimum Gasteiger partial charge on any atom is -0.490 e. The summed E-state index contributed by atoms with van der Waals surface area (Å²) in [4.78, 5) is 11.4. The largest absolute Gasteiger partial charge is 0.490 e. The van der Waals surface area contributed by atoms with E-state index in [9.17, 15) is 4.79 Å². The van der Waals surface area contributed by atoms with Crippen LogP contribution in [0.4, 0.5) is 0 Å². The van der Waals surface area contributed by atoms with E-state index >= 15 is 0 Å². The average Bonchev–Trinajstić information content (AvgIpc) is 2.44. The van der Waals surface area contributed by atoms with Gasteiger partial charge in [0.2, 0.25) is 0 Å². The van der Waals surface area contributed by atoms with E-state index in [0.29, 0.717) is 31.3 Å². The summed E-state index contributed by atoms with van der Waals surface area (Å²) in [6.07, 6.45) is 0. The molecule has 0 amide bonds. The standard InChI is InChI=1S/C15H23NO4/c1-4-16-10-12-8-7-9-13(18-5-2)15(12)20-11-14(17)19-6-3/h7-9,16H,4-6,10-11H2,1-3H3. The molecule has 0 aliphatic rings. The second-order valence-corrected chi connectivity index (χ2v) is 4.05. The molecule has 112 valence electrons. The topological polar surface area (TPSA) is 56.8 Å². The third-order valence-corrected chi connectivity index (χ3v) is 2.57. The van der Waals surface area contributed by atoms with E-state index in [-0.39, 0.29) is 12.6 Å². The van der Waals surface area contributed by atoms with Gasteiger partial charge in [0, 0.05) is 12.1 Å². The number of hydrogen-bond acceptors (Lipinski definition) is 5. The van der Waals surface area contributed by atoms with Crippen LogP contribution in [-0.4, -0.2) is 32.3 Å². The fourth-order valence-corrected chi connectivity index (χ4v) is 1.73. The minimum absolute atomic E-state index is 0.114. The summed E-state index contributed by atoms with van der Waals surface area (Å²) in [7, 11) is 0. The Bertz CT molecular complexity index is 420. The van der Waals surface area contributed by atoms with Crippen LogP contribution in [0.2, 0.25) is 0 Å². The summed E-state index contributed by atoms with van der Waals surface area (Å²) in [6.45, 7) is 8.00. The van der Waals surface area contributed by atoms with E-state index < -0.39 is 0 Å². The zero-order valence-electron chi connectivity index (χ0n) is 12.4. The van der Waals surface area contributed by atoms with Gasteiger partial charge in [0.15, 0.2) is 18.1 Å². The van der Waals surface area contributed by atoms with Gasteiger partial charge in [-0.25, -0.2) is 4.79 Å². The van der Waals surface area contributed by atoms with E-state index in [2.05, 4.69) is 5.32 Å². The maximum atomic E-state index is 11.4. The van der Waals surface area contributed by atoms with Crippen molar-refractivity contribution in [1.29, 1.82) is 0 Å². The van der Waals surface area contributed by atoms with Gasteiger partial charge in [0.25, 0.3) is 0 Å². The molecule has 5 nitrogen and oxygen atoms in total. The molecule has 1 aromatic rings. The quantitative estimate of drug-likeness (QED) is 0.703. The van der Waals surface area contributed by atoms with Gasteiger partial charge in [-0.2, -0.15) is 0 Å². The van der Waals surface area contributed by atoms with Crippen LogP contribution in [0, 0.1) is 0 Å². The monoisotopic (exact) mass is 281 g/mol. The van der Waals surface area contributed by atoms with Crippen LogP contribution in [0.1, 0.15) is 26.3 Å². The number of carbonyl (C=O) groups is 1. The predicted molar refractivity (Wildman–Crippen MR) is 77.1 cm³/mol. The lowest BCUT2D eigenvalue weighted by molar-refractivity contribution is -0.145. The Hall–Kier alpha value is -1.75. The van der Waals surface area contributed by atoms with Gasteiger partial charge in [0.1, 0.15) is 0 Å². The van der Waals surface area contributed by atoms with Crippen molar-refractivity contribution < 1.29 is 19.0 Å². The summed E-state index contributed by atoms with van der Waals surface area (Å²) in [6, 6.07) is 5.69. The van der Waals surface area contributed by atoms with E-state index in [1.165, 1.54) is 0 Å². The molecule has 0 saturated heterocycles. The van der Waals surface area contributed by atoms with E-state index in [0.717, 1.165) is 12.1 Å². The Morgan fingerprint density at radius 2 is 1.95 bits per heavy atom. The third kappa shape index (κ3) is 5.09. The number of nitrogens with one attached hydrogen (secondary N) is 1. The van der Waals surface area contributed by atoms with Gasteiger partial charge < -0.3 is 19.5 Å². The predicted octanol–water partition coefficient (Wildman–Crippen LogP) is 2.14. The number of rotatable bonds is 9. The molecule has 0 aliphatic carbocycles. The zero-order valence-corrected chi connectivity index (χ0v) is 12.4. The molecular weight excluding hydrogens is 258 g/mol. The fourth-order valence-electron chi connectivity index (χ4n) is 1.73. The highest BCUT2D eigenvalue weighted by Crippen LogP contribution is 2.31. The highest BCUT2D eigenvalue weighted by atomic mass is 16.6. The molecule has 20 heavy (non-hydrogen) atoms. The molecule has 0 atom stereocenters. The molecule has 0 spiro atoms. The molecule has 0 heterocycles. The van der Waals surface area contributed by atoms with Crippen LogP contribution in [0.25, 0.3) is 0 Å². The molecule has 0 fully saturated rings. The van der Waals surface area contributed by atoms with Gasteiger partial charge in [-0.05, 0) is 26.5 Å². The van der Waals surface area contributed by atoms with Crippen LogP contribution >= 0.6 is 0 Å². The molecule has 0 saturated carbocycles. The molecule has 0 radical (unpaired) electrons. The summed E-state index contributed by atoms with van der Waals surface area (Å²) in [5.41, 5.74) is 0.960. The van der Waals surface area contributed by atoms with Gasteiger partial charge >= 0.3 is 5.97 Å². The number of carbonyl (C=O) groups excluding carboxylic acids is 1. The highest BCUT2D eigenvalue weighted by molar-refractivity contribution is 5.71. The van der Waals surface area contributed by atoms with Crippen molar-refractivity contribution in [2.45, 2.75) is 27.3 Å². The number of ether oxygens (including phenoxy) is 3. The first-order chi connectivity index (χ1) is 9.72. The normalized spacial score (nSPS) is 10.2. The van der Waals surface area contributed by atoms with Crippen molar-refractivity contribution in [3.8, 4) is 11.5 Å². The second kappa shape index (κ2) is 9.20. The van der Waals surface area contributed by atoms with Gasteiger partial charge in [0.05, 0.1) is 13.2 Å². The van der Waals surface area contributed by atoms with Crippen molar-refractivity contribution >= 4 is 5.97 Å². The molecule has 0 bridgehead atoms. The maximum absolute atomic E-state index is 11.4. The lowest BCUT2D eigenvalue weighted by Gasteiger charge is -2.15. The summed E-state index contributed by atoms with van der Waals surface area (Å²) < 4.78 is 16.0. The zero-order chi connectivity index (χ0) is 14.8. The smallest absolute Gasteiger partial charge is 0.344 e. The van der Waals surface area contributed by atoms with Crippen molar-refractivity contribution in [3.63, 3.8) is 0 Å². The Balaban J connectivity index is 2.83. The minimum atomic E-state index is -0.381. The highest BCUT2D eigenvalue weighted by Gasteiger charge is 2.13. The van der Waals surface area contributed by atoms with E-state index in [1.807, 2.05) is 32.0 Å². The van der Waals surface area contributed by atoms with Crippen molar-refractivity contribution in [3.05, 3.63) is 23.8 Å². The van der Waals surface area contributed by atoms with Crippen molar-refractivity contribution in [1.82, 2.24) is 5.32 Å². The van der Waals surface area contributed by atoms with E-state index in [1.54, 1.807) is 6.92 Å². The van der Waals surface area contributed by atoms with Gasteiger partial charge in [-0.15, -0.1) is 0 Å². The number of benzene rings is 1. The lowest BCUT2D eigenvalue weighted by Crippen LogP contribution is -2.17. The average molecular weight is 281 g/mol. The first-order valence-corrected chi connectivity index (χ1v) is 6.96. The Morgan fingerprint density at radius 1 is 1.15 bits per heavy atom. The SMILES string of the molecule is CCNCc1cccc(OCC)c1OCC(=O)OCC. The first kappa shape index (κ1) is 16.3. The summed E-state index contributed by atoms with van der Waals surface area (Å²) >= 11 is 0. The van der Waals surface area contributed by atoms with Gasteiger partial charge in [-0.1, -0.05) is 19.1 Å². The summed E-state index contributed by atoms with van der Waals surface area (Å²) in [5, 5.41) is 3.24. The number of esters is 1. The third-order valence-electron chi connectivity index (χ3n) is 2.57. The van der Waals surface area contributed by atoms with E-state index in [4.69, 9.17) is 14.2 Å². The Kier molecular flexibility index (Phi) is 7.50. The fraction of sp³-hybridized carbons (Fsp3) is 0.533. The van der Waals surface area contributed by atoms with Crippen molar-refractivity contribution in [2.75, 3.05) is 26.4 Å². The van der Waals surface area contributed by atoms with Crippen LogP contribution in [0.15, 0.2) is 18.2 Å². The first-order valence-electron chi connectivity index (χ1n) is 6.96. The summed E-state index contributed by atoms with van der Waals surface area (Å²) in [5.74, 6) is 0.865. The molecule has 0 aromatic heterocycles. The van der Waals surface area contributed by atoms with Crippen LogP contribution in [0.3, 0.4) is 0 Å². The molecule has 5 heteroatoms. The molecular formula is C15H23NO4. The Labute approximate surface area is 120 Å². The number of hydrogen-bond donors (Lipinski definition) is 1. The second-order valence-electron chi connectivity index (χ2n) is 4.05. The van der Waals surface area contributed by atoms with Crippen LogP contribution < -0.4 is 14.8 Å². The molecule has 1 N–H and O–H groups in total. The lowest BCUT2D eigenvalue weighted by atomic mass is 10.2. The molecule has 1 rings (SSSR count).